The fraction of sp³-hybridized carbons (Fsp3) is 0.440. The zero-order valence-electron chi connectivity index (χ0n) is 19.9. The molecular formula is C25H27ClF2N2O5S. The highest BCUT2D eigenvalue weighted by Gasteiger charge is 2.61. The number of piperidine rings is 1. The van der Waals surface area contributed by atoms with Gasteiger partial charge in [-0.05, 0) is 63.1 Å². The van der Waals surface area contributed by atoms with Crippen molar-refractivity contribution >= 4 is 33.3 Å². The number of sulfone groups is 1. The molecule has 11 heteroatoms. The average Bonchev–Trinajstić information content (AvgIpc) is 2.83. The average molecular weight is 541 g/mol. The first kappa shape index (κ1) is 26.3. The number of hydrogen-bond acceptors (Lipinski definition) is 5. The van der Waals surface area contributed by atoms with Crippen molar-refractivity contribution in [2.45, 2.75) is 61.3 Å². The summed E-state index contributed by atoms with van der Waals surface area (Å²) in [6, 6.07) is 5.96. The van der Waals surface area contributed by atoms with Crippen LogP contribution in [0.15, 0.2) is 41.3 Å². The highest BCUT2D eigenvalue weighted by molar-refractivity contribution is 7.92. The van der Waals surface area contributed by atoms with Crippen LogP contribution in [0, 0.1) is 11.6 Å². The lowest BCUT2D eigenvalue weighted by atomic mass is 9.80. The number of rotatable bonds is 6. The summed E-state index contributed by atoms with van der Waals surface area (Å²) in [6.07, 6.45) is -0.0676. The topological polar surface area (TPSA) is 92.8 Å². The molecular weight excluding hydrogens is 514 g/mol. The molecule has 1 saturated heterocycles. The maximum Gasteiger partial charge on any atom is 0.223 e. The van der Waals surface area contributed by atoms with Crippen LogP contribution >= 0.6 is 11.6 Å². The van der Waals surface area contributed by atoms with Gasteiger partial charge in [-0.15, -0.1) is 0 Å². The molecule has 0 bridgehead atoms. The predicted molar refractivity (Wildman–Crippen MR) is 129 cm³/mol. The number of likely N-dealkylation sites (tertiary alicyclic amines) is 1. The fourth-order valence-corrected chi connectivity index (χ4v) is 7.63. The summed E-state index contributed by atoms with van der Waals surface area (Å²) in [5, 5.41) is 3.02. The van der Waals surface area contributed by atoms with Crippen molar-refractivity contribution < 1.29 is 31.5 Å². The van der Waals surface area contributed by atoms with E-state index in [1.807, 2.05) is 0 Å². The van der Waals surface area contributed by atoms with Crippen LogP contribution in [0.2, 0.25) is 5.02 Å². The van der Waals surface area contributed by atoms with Gasteiger partial charge in [0.1, 0.15) is 17.2 Å². The Labute approximate surface area is 213 Å². The summed E-state index contributed by atoms with van der Waals surface area (Å²) in [5.41, 5.74) is -0.413. The normalized spacial score (nSPS) is 21.4. The Morgan fingerprint density at radius 1 is 1.14 bits per heavy atom. The molecule has 2 aliphatic rings. The van der Waals surface area contributed by atoms with Crippen LogP contribution in [0.1, 0.15) is 45.1 Å². The minimum Gasteiger partial charge on any atom is -0.488 e. The molecule has 2 amide bonds. The van der Waals surface area contributed by atoms with Gasteiger partial charge in [-0.3, -0.25) is 9.59 Å². The highest BCUT2D eigenvalue weighted by atomic mass is 35.5. The predicted octanol–water partition coefficient (Wildman–Crippen LogP) is 3.98. The van der Waals surface area contributed by atoms with Gasteiger partial charge < -0.3 is 15.0 Å². The second-order valence-corrected chi connectivity index (χ2v) is 12.0. The van der Waals surface area contributed by atoms with Gasteiger partial charge in [0, 0.05) is 30.5 Å². The van der Waals surface area contributed by atoms with Crippen molar-refractivity contribution in [3.8, 4) is 5.75 Å². The van der Waals surface area contributed by atoms with Crippen LogP contribution in [0.3, 0.4) is 0 Å². The van der Waals surface area contributed by atoms with Crippen molar-refractivity contribution in [2.24, 2.45) is 0 Å². The third-order valence-corrected chi connectivity index (χ3v) is 9.45. The van der Waals surface area contributed by atoms with Gasteiger partial charge in [0.05, 0.1) is 16.5 Å². The van der Waals surface area contributed by atoms with E-state index in [-0.39, 0.29) is 55.7 Å². The summed E-state index contributed by atoms with van der Waals surface area (Å²) >= 11 is 5.96. The van der Waals surface area contributed by atoms with Crippen LogP contribution in [0.5, 0.6) is 5.75 Å². The molecule has 1 fully saturated rings. The zero-order valence-corrected chi connectivity index (χ0v) is 21.5. The number of nitrogens with one attached hydrogen (secondary N) is 1. The molecule has 0 spiro atoms. The first-order valence-corrected chi connectivity index (χ1v) is 13.6. The molecule has 0 radical (unpaired) electrons. The SMILES string of the molecule is CC(C)NC(=O)CCC(=O)N1CCC[C@]2(S(=O)(=O)c3ccc(Cl)cc3)c3c(F)ccc(F)c3OC[C@H]12. The molecule has 2 aromatic carbocycles. The number of halogens is 3. The molecule has 2 aromatic rings. The molecule has 36 heavy (non-hydrogen) atoms. The molecule has 4 rings (SSSR count). The molecule has 0 unspecified atom stereocenters. The lowest BCUT2D eigenvalue weighted by molar-refractivity contribution is -0.139. The van der Waals surface area contributed by atoms with Gasteiger partial charge in [-0.25, -0.2) is 17.2 Å². The molecule has 194 valence electrons. The van der Waals surface area contributed by atoms with Crippen molar-refractivity contribution in [3.05, 3.63) is 58.6 Å². The van der Waals surface area contributed by atoms with Gasteiger partial charge in [0.25, 0.3) is 0 Å². The molecule has 7 nitrogen and oxygen atoms in total. The third kappa shape index (κ3) is 4.45. The first-order chi connectivity index (χ1) is 17.0. The second-order valence-electron chi connectivity index (χ2n) is 9.32. The zero-order chi connectivity index (χ0) is 26.3. The maximum atomic E-state index is 15.4. The Bertz CT molecular complexity index is 1290. The Hall–Kier alpha value is -2.72. The first-order valence-electron chi connectivity index (χ1n) is 11.7. The lowest BCUT2D eigenvalue weighted by Gasteiger charge is -2.51. The van der Waals surface area contributed by atoms with Gasteiger partial charge in [-0.1, -0.05) is 11.6 Å². The minimum atomic E-state index is -4.39. The summed E-state index contributed by atoms with van der Waals surface area (Å²) in [5.74, 6) is -3.05. The van der Waals surface area contributed by atoms with E-state index in [0.717, 1.165) is 12.1 Å². The molecule has 0 aromatic heterocycles. The van der Waals surface area contributed by atoms with E-state index in [1.54, 1.807) is 13.8 Å². The van der Waals surface area contributed by atoms with Gasteiger partial charge in [-0.2, -0.15) is 0 Å². The Balaban J connectivity index is 1.82. The minimum absolute atomic E-state index is 0.0447. The van der Waals surface area contributed by atoms with E-state index < -0.39 is 49.5 Å². The van der Waals surface area contributed by atoms with Crippen LogP contribution in [-0.2, 0) is 24.2 Å². The molecule has 2 aliphatic heterocycles. The Morgan fingerprint density at radius 3 is 2.47 bits per heavy atom. The number of ether oxygens (including phenoxy) is 1. The standard InChI is InChI=1S/C25H27ClF2N2O5S/c1-15(2)29-21(31)10-11-22(32)30-13-3-12-25(36(33,34)17-6-4-16(26)5-7-17)20(30)14-35-24-19(28)9-8-18(27)23(24)25/h4-9,15,20H,3,10-14H2,1-2H3,(H,29,31)/t20-,25+/m0/s1. The van der Waals surface area contributed by atoms with E-state index >= 15 is 4.39 Å². The molecule has 0 aliphatic carbocycles. The number of hydrogen-bond donors (Lipinski definition) is 1. The number of benzene rings is 2. The van der Waals surface area contributed by atoms with Crippen LogP contribution < -0.4 is 10.1 Å². The van der Waals surface area contributed by atoms with Gasteiger partial charge in [0.15, 0.2) is 21.4 Å². The second kappa shape index (κ2) is 9.97. The van der Waals surface area contributed by atoms with E-state index in [2.05, 4.69) is 5.32 Å². The largest absolute Gasteiger partial charge is 0.488 e. The Kier molecular flexibility index (Phi) is 7.30. The fourth-order valence-electron chi connectivity index (χ4n) is 5.16. The van der Waals surface area contributed by atoms with Crippen LogP contribution in [0.4, 0.5) is 8.78 Å². The highest BCUT2D eigenvalue weighted by Crippen LogP contribution is 2.53. The molecule has 2 atom stereocenters. The van der Waals surface area contributed by atoms with E-state index in [0.29, 0.717) is 5.02 Å². The van der Waals surface area contributed by atoms with E-state index in [1.165, 1.54) is 29.2 Å². The van der Waals surface area contributed by atoms with Crippen molar-refractivity contribution in [2.75, 3.05) is 13.2 Å². The number of carbonyl (C=O) groups is 2. The maximum absolute atomic E-state index is 15.4. The summed E-state index contributed by atoms with van der Waals surface area (Å²) < 4.78 is 62.2. The van der Waals surface area contributed by atoms with Crippen LogP contribution in [-0.4, -0.2) is 50.4 Å². The number of amides is 2. The quantitative estimate of drug-likeness (QED) is 0.598. The third-order valence-electron chi connectivity index (χ3n) is 6.67. The summed E-state index contributed by atoms with van der Waals surface area (Å²) in [7, 11) is -4.39. The van der Waals surface area contributed by atoms with Crippen molar-refractivity contribution in [1.82, 2.24) is 10.2 Å². The van der Waals surface area contributed by atoms with Crippen molar-refractivity contribution in [1.29, 1.82) is 0 Å². The summed E-state index contributed by atoms with van der Waals surface area (Å²) in [6.45, 7) is 3.45. The van der Waals surface area contributed by atoms with E-state index in [4.69, 9.17) is 16.3 Å². The number of carbonyl (C=O) groups excluding carboxylic acids is 2. The lowest BCUT2D eigenvalue weighted by Crippen LogP contribution is -2.64. The molecule has 0 saturated carbocycles. The number of nitrogens with zero attached hydrogens (tertiary/aromatic N) is 1. The monoisotopic (exact) mass is 540 g/mol. The summed E-state index contributed by atoms with van der Waals surface area (Å²) in [4.78, 5) is 26.6. The van der Waals surface area contributed by atoms with E-state index in [9.17, 15) is 22.4 Å². The number of fused-ring (bicyclic) bond motifs is 3. The van der Waals surface area contributed by atoms with Crippen molar-refractivity contribution in [3.63, 3.8) is 0 Å². The molecule has 1 N–H and O–H groups in total. The van der Waals surface area contributed by atoms with Gasteiger partial charge in [0.2, 0.25) is 11.8 Å². The smallest absolute Gasteiger partial charge is 0.223 e. The van der Waals surface area contributed by atoms with Gasteiger partial charge >= 0.3 is 0 Å². The Morgan fingerprint density at radius 2 is 1.81 bits per heavy atom. The molecule has 2 heterocycles. The van der Waals surface area contributed by atoms with Crippen LogP contribution in [0.25, 0.3) is 0 Å².